The second kappa shape index (κ2) is 8.13. The molecule has 3 amide bonds. The average molecular weight is 433 g/mol. The first kappa shape index (κ1) is 21.0. The van der Waals surface area contributed by atoms with E-state index in [2.05, 4.69) is 4.74 Å². The molecule has 2 aliphatic heterocycles. The zero-order valence-corrected chi connectivity index (χ0v) is 16.9. The molecule has 0 N–H and O–H groups in total. The summed E-state index contributed by atoms with van der Waals surface area (Å²) < 4.78 is 40.9. The first-order chi connectivity index (χ1) is 14.7. The van der Waals surface area contributed by atoms with E-state index in [-0.39, 0.29) is 30.3 Å². The van der Waals surface area contributed by atoms with Crippen LogP contribution in [0.5, 0.6) is 5.75 Å². The molecule has 2 atom stereocenters. The molecule has 9 heteroatoms. The zero-order valence-electron chi connectivity index (χ0n) is 16.9. The molecule has 0 aromatic heterocycles. The Morgan fingerprint density at radius 2 is 1.65 bits per heavy atom. The molecule has 0 radical (unpaired) electrons. The van der Waals surface area contributed by atoms with Gasteiger partial charge in [-0.25, -0.2) is 4.79 Å². The third kappa shape index (κ3) is 4.60. The van der Waals surface area contributed by atoms with Crippen LogP contribution in [0.25, 0.3) is 0 Å². The highest BCUT2D eigenvalue weighted by atomic mass is 19.4. The Bertz CT molecular complexity index is 950. The van der Waals surface area contributed by atoms with Crippen LogP contribution in [0.2, 0.25) is 0 Å². The van der Waals surface area contributed by atoms with Gasteiger partial charge in [0.25, 0.3) is 0 Å². The number of halogens is 3. The lowest BCUT2D eigenvalue weighted by Crippen LogP contribution is -2.60. The predicted molar refractivity (Wildman–Crippen MR) is 106 cm³/mol. The van der Waals surface area contributed by atoms with E-state index in [1.54, 1.807) is 21.7 Å². The van der Waals surface area contributed by atoms with Gasteiger partial charge < -0.3 is 19.4 Å². The minimum atomic E-state index is -4.75. The molecular weight excluding hydrogens is 411 g/mol. The van der Waals surface area contributed by atoms with Gasteiger partial charge in [-0.1, -0.05) is 42.5 Å². The molecule has 2 fully saturated rings. The summed E-state index contributed by atoms with van der Waals surface area (Å²) in [5.74, 6) is -0.402. The predicted octanol–water partition coefficient (Wildman–Crippen LogP) is 3.27. The fraction of sp³-hybridized carbons (Fsp3) is 0.364. The summed E-state index contributed by atoms with van der Waals surface area (Å²) in [4.78, 5) is 31.0. The van der Waals surface area contributed by atoms with Gasteiger partial charge in [0.15, 0.2) is 0 Å². The van der Waals surface area contributed by atoms with Gasteiger partial charge in [-0.05, 0) is 23.3 Å². The van der Waals surface area contributed by atoms with Crippen molar-refractivity contribution in [3.05, 3.63) is 65.7 Å². The van der Waals surface area contributed by atoms with Crippen molar-refractivity contribution >= 4 is 11.9 Å². The number of carbonyl (C=O) groups is 2. The van der Waals surface area contributed by atoms with E-state index < -0.39 is 12.4 Å². The van der Waals surface area contributed by atoms with E-state index in [9.17, 15) is 22.8 Å². The minimum Gasteiger partial charge on any atom is -0.406 e. The standard InChI is InChI=1S/C22H22F3N3O3/c1-26-13-17-14-27(12-16-7-9-18(10-8-16)31-22(23,24)25)21(30)28(17)19(20(26)29)11-15-5-3-2-4-6-15/h2-10,17,19H,11-14H2,1H3/t17-,19+/m1/s1. The number of rotatable bonds is 5. The van der Waals surface area contributed by atoms with E-state index in [0.717, 1.165) is 5.56 Å². The van der Waals surface area contributed by atoms with Gasteiger partial charge in [-0.15, -0.1) is 13.2 Å². The number of amides is 3. The van der Waals surface area contributed by atoms with Crippen LogP contribution >= 0.6 is 0 Å². The van der Waals surface area contributed by atoms with Crippen LogP contribution in [-0.4, -0.2) is 65.2 Å². The van der Waals surface area contributed by atoms with Crippen LogP contribution in [0.1, 0.15) is 11.1 Å². The molecule has 2 saturated heterocycles. The Hall–Kier alpha value is -3.23. The van der Waals surface area contributed by atoms with Crippen molar-refractivity contribution in [2.75, 3.05) is 20.1 Å². The summed E-state index contributed by atoms with van der Waals surface area (Å²) in [6, 6.07) is 14.1. The number of fused-ring (bicyclic) bond motifs is 1. The van der Waals surface area contributed by atoms with Crippen molar-refractivity contribution in [3.63, 3.8) is 0 Å². The Morgan fingerprint density at radius 1 is 0.968 bits per heavy atom. The topological polar surface area (TPSA) is 53.1 Å². The molecule has 2 heterocycles. The van der Waals surface area contributed by atoms with Crippen molar-refractivity contribution in [2.24, 2.45) is 0 Å². The highest BCUT2D eigenvalue weighted by Gasteiger charge is 2.48. The van der Waals surface area contributed by atoms with Crippen molar-refractivity contribution < 1.29 is 27.5 Å². The highest BCUT2D eigenvalue weighted by molar-refractivity contribution is 5.90. The SMILES string of the molecule is CN1C[C@@H]2CN(Cc3ccc(OC(F)(F)F)cc3)C(=O)N2[C@@H](Cc2ccccc2)C1=O. The summed E-state index contributed by atoms with van der Waals surface area (Å²) in [7, 11) is 1.74. The molecule has 2 aliphatic rings. The molecule has 4 rings (SSSR count). The number of benzene rings is 2. The lowest BCUT2D eigenvalue weighted by atomic mass is 9.99. The molecule has 0 saturated carbocycles. The quantitative estimate of drug-likeness (QED) is 0.727. The first-order valence-corrected chi connectivity index (χ1v) is 9.92. The van der Waals surface area contributed by atoms with Crippen LogP contribution in [0.15, 0.2) is 54.6 Å². The molecule has 0 aliphatic carbocycles. The molecular formula is C22H22F3N3O3. The van der Waals surface area contributed by atoms with E-state index >= 15 is 0 Å². The summed E-state index contributed by atoms with van der Waals surface area (Å²) in [6.07, 6.45) is -4.31. The summed E-state index contributed by atoms with van der Waals surface area (Å²) in [5, 5.41) is 0. The Labute approximate surface area is 177 Å². The third-order valence-electron chi connectivity index (χ3n) is 5.60. The number of nitrogens with zero attached hydrogens (tertiary/aromatic N) is 3. The average Bonchev–Trinajstić information content (AvgIpc) is 3.01. The van der Waals surface area contributed by atoms with E-state index in [1.807, 2.05) is 30.3 Å². The lowest BCUT2D eigenvalue weighted by Gasteiger charge is -2.40. The molecule has 2 aromatic rings. The fourth-order valence-corrected chi connectivity index (χ4v) is 4.23. The van der Waals surface area contributed by atoms with Crippen LogP contribution < -0.4 is 4.74 Å². The second-order valence-corrected chi connectivity index (χ2v) is 7.84. The number of alkyl halides is 3. The van der Waals surface area contributed by atoms with E-state index in [0.29, 0.717) is 25.1 Å². The molecule has 164 valence electrons. The number of hydrogen-bond donors (Lipinski definition) is 0. The normalized spacial score (nSPS) is 21.5. The highest BCUT2D eigenvalue weighted by Crippen LogP contribution is 2.29. The minimum absolute atomic E-state index is 0.0936. The largest absolute Gasteiger partial charge is 0.573 e. The van der Waals surface area contributed by atoms with Crippen molar-refractivity contribution in [3.8, 4) is 5.75 Å². The number of ether oxygens (including phenoxy) is 1. The first-order valence-electron chi connectivity index (χ1n) is 9.92. The maximum atomic E-state index is 13.2. The molecule has 0 bridgehead atoms. The van der Waals surface area contributed by atoms with Gasteiger partial charge in [0.2, 0.25) is 5.91 Å². The molecule has 2 aromatic carbocycles. The summed E-state index contributed by atoms with van der Waals surface area (Å²) in [6.45, 7) is 1.14. The van der Waals surface area contributed by atoms with Crippen LogP contribution in [0, 0.1) is 0 Å². The van der Waals surface area contributed by atoms with Gasteiger partial charge in [-0.2, -0.15) is 0 Å². The van der Waals surface area contributed by atoms with E-state index in [1.165, 1.54) is 24.3 Å². The van der Waals surface area contributed by atoms with Crippen molar-refractivity contribution in [1.82, 2.24) is 14.7 Å². The Kier molecular flexibility index (Phi) is 5.51. The van der Waals surface area contributed by atoms with Gasteiger partial charge in [0.05, 0.1) is 6.04 Å². The van der Waals surface area contributed by atoms with Gasteiger partial charge in [0.1, 0.15) is 11.8 Å². The molecule has 31 heavy (non-hydrogen) atoms. The number of hydrogen-bond acceptors (Lipinski definition) is 3. The monoisotopic (exact) mass is 433 g/mol. The smallest absolute Gasteiger partial charge is 0.406 e. The van der Waals surface area contributed by atoms with Gasteiger partial charge in [-0.3, -0.25) is 4.79 Å². The Morgan fingerprint density at radius 3 is 2.29 bits per heavy atom. The third-order valence-corrected chi connectivity index (χ3v) is 5.60. The molecule has 0 spiro atoms. The maximum Gasteiger partial charge on any atom is 0.573 e. The van der Waals surface area contributed by atoms with Crippen molar-refractivity contribution in [1.29, 1.82) is 0 Å². The van der Waals surface area contributed by atoms with Crippen molar-refractivity contribution in [2.45, 2.75) is 31.4 Å². The molecule has 6 nitrogen and oxygen atoms in total. The second-order valence-electron chi connectivity index (χ2n) is 7.84. The van der Waals surface area contributed by atoms with Crippen LogP contribution in [-0.2, 0) is 17.8 Å². The lowest BCUT2D eigenvalue weighted by molar-refractivity contribution is -0.274. The van der Waals surface area contributed by atoms with Gasteiger partial charge >= 0.3 is 12.4 Å². The van der Waals surface area contributed by atoms with E-state index in [4.69, 9.17) is 0 Å². The maximum absolute atomic E-state index is 13.2. The summed E-state index contributed by atoms with van der Waals surface area (Å²) in [5.41, 5.74) is 1.66. The zero-order chi connectivity index (χ0) is 22.2. The number of carbonyl (C=O) groups excluding carboxylic acids is 2. The Balaban J connectivity index is 1.49. The molecule has 0 unspecified atom stereocenters. The summed E-state index contributed by atoms with van der Waals surface area (Å²) >= 11 is 0. The number of piperazine rings is 1. The fourth-order valence-electron chi connectivity index (χ4n) is 4.23. The number of urea groups is 1. The van der Waals surface area contributed by atoms with Crippen LogP contribution in [0.4, 0.5) is 18.0 Å². The van der Waals surface area contributed by atoms with Crippen LogP contribution in [0.3, 0.4) is 0 Å². The van der Waals surface area contributed by atoms with Gasteiger partial charge in [0, 0.05) is 33.1 Å². The number of likely N-dealkylation sites (N-methyl/N-ethyl adjacent to an activating group) is 1.